The van der Waals surface area contributed by atoms with Gasteiger partial charge in [0, 0.05) is 28.7 Å². The zero-order valence-corrected chi connectivity index (χ0v) is 19.3. The first-order chi connectivity index (χ1) is 15.2. The summed E-state index contributed by atoms with van der Waals surface area (Å²) in [6, 6.07) is 13.8. The lowest BCUT2D eigenvalue weighted by atomic mass is 10.1. The van der Waals surface area contributed by atoms with E-state index < -0.39 is 0 Å². The molecule has 160 valence electrons. The molecule has 2 aliphatic heterocycles. The molecule has 3 heterocycles. The molecule has 0 bridgehead atoms. The minimum Gasteiger partial charge on any atom is -0.486 e. The van der Waals surface area contributed by atoms with Crippen LogP contribution in [0.5, 0.6) is 11.5 Å². The van der Waals surface area contributed by atoms with Gasteiger partial charge in [0.1, 0.15) is 13.2 Å². The monoisotopic (exact) mass is 499 g/mol. The first-order valence-corrected chi connectivity index (χ1v) is 12.0. The molecule has 2 aliphatic rings. The lowest BCUT2D eigenvalue weighted by Crippen LogP contribution is -2.45. The van der Waals surface area contributed by atoms with Crippen molar-refractivity contribution in [2.45, 2.75) is 19.3 Å². The molecule has 31 heavy (non-hydrogen) atoms. The van der Waals surface area contributed by atoms with E-state index in [0.717, 1.165) is 57.9 Å². The molecular formula is C23H22BrN3O3S. The van der Waals surface area contributed by atoms with Crippen molar-refractivity contribution in [3.8, 4) is 33.2 Å². The van der Waals surface area contributed by atoms with Crippen LogP contribution in [-0.4, -0.2) is 42.2 Å². The van der Waals surface area contributed by atoms with E-state index in [4.69, 9.17) is 14.5 Å². The fourth-order valence-electron chi connectivity index (χ4n) is 3.83. The number of nitrogens with zero attached hydrogens (tertiary/aromatic N) is 2. The highest BCUT2D eigenvalue weighted by Gasteiger charge is 2.24. The molecule has 1 N–H and O–H groups in total. The number of nitrogens with one attached hydrogen (secondary N) is 1. The molecule has 0 aliphatic carbocycles. The number of amides is 1. The van der Waals surface area contributed by atoms with Gasteiger partial charge in [0.15, 0.2) is 16.5 Å². The van der Waals surface area contributed by atoms with Gasteiger partial charge in [-0.2, -0.15) is 0 Å². The van der Waals surface area contributed by atoms with Gasteiger partial charge in [-0.1, -0.05) is 36.8 Å². The maximum absolute atomic E-state index is 13.0. The molecule has 5 rings (SSSR count). The Labute approximate surface area is 193 Å². The minimum absolute atomic E-state index is 0.163. The van der Waals surface area contributed by atoms with Crippen LogP contribution in [0.25, 0.3) is 21.7 Å². The number of piperidine rings is 1. The lowest BCUT2D eigenvalue weighted by molar-refractivity contribution is 0.0750. The number of aromatic nitrogens is 1. The number of hydrazine groups is 1. The van der Waals surface area contributed by atoms with Gasteiger partial charge in [0.25, 0.3) is 5.91 Å². The third-order valence-electron chi connectivity index (χ3n) is 5.36. The summed E-state index contributed by atoms with van der Waals surface area (Å²) in [5, 5.41) is 2.44. The second-order valence-electron chi connectivity index (χ2n) is 7.53. The Morgan fingerprint density at radius 3 is 2.48 bits per heavy atom. The van der Waals surface area contributed by atoms with Crippen molar-refractivity contribution in [2.75, 3.05) is 26.3 Å². The molecule has 3 aromatic rings. The van der Waals surface area contributed by atoms with E-state index in [2.05, 4.69) is 21.4 Å². The molecule has 0 spiro atoms. The normalized spacial score (nSPS) is 16.2. The number of carbonyl (C=O) groups is 1. The summed E-state index contributed by atoms with van der Waals surface area (Å²) in [7, 11) is 0. The third kappa shape index (κ3) is 4.33. The van der Waals surface area contributed by atoms with Crippen molar-refractivity contribution in [1.29, 1.82) is 0 Å². The Bertz CT molecular complexity index is 1100. The summed E-state index contributed by atoms with van der Waals surface area (Å²) in [5.41, 5.74) is 5.71. The zero-order chi connectivity index (χ0) is 21.2. The van der Waals surface area contributed by atoms with Gasteiger partial charge in [0.2, 0.25) is 0 Å². The number of benzene rings is 2. The SMILES string of the molecule is O=C(NN1CCCCC1)c1nc(-c2ccccc2)c(-c2cc3c(cc2Br)OCCO3)s1. The van der Waals surface area contributed by atoms with E-state index in [1.807, 2.05) is 47.5 Å². The number of halogens is 1. The Morgan fingerprint density at radius 2 is 1.74 bits per heavy atom. The molecule has 1 aromatic heterocycles. The minimum atomic E-state index is -0.163. The molecule has 0 radical (unpaired) electrons. The van der Waals surface area contributed by atoms with Crippen LogP contribution >= 0.6 is 27.3 Å². The maximum Gasteiger partial charge on any atom is 0.294 e. The molecule has 8 heteroatoms. The van der Waals surface area contributed by atoms with E-state index >= 15 is 0 Å². The van der Waals surface area contributed by atoms with Gasteiger partial charge in [-0.3, -0.25) is 10.2 Å². The number of rotatable bonds is 4. The average molecular weight is 500 g/mol. The van der Waals surface area contributed by atoms with Crippen molar-refractivity contribution in [2.24, 2.45) is 0 Å². The number of hydrogen-bond acceptors (Lipinski definition) is 6. The molecule has 1 saturated heterocycles. The van der Waals surface area contributed by atoms with Gasteiger partial charge in [-0.15, -0.1) is 11.3 Å². The number of ether oxygens (including phenoxy) is 2. The van der Waals surface area contributed by atoms with Gasteiger partial charge in [-0.25, -0.2) is 9.99 Å². The first-order valence-electron chi connectivity index (χ1n) is 10.4. The first kappa shape index (κ1) is 20.5. The smallest absolute Gasteiger partial charge is 0.294 e. The van der Waals surface area contributed by atoms with E-state index in [9.17, 15) is 4.79 Å². The highest BCUT2D eigenvalue weighted by atomic mass is 79.9. The predicted octanol–water partition coefficient (Wildman–Crippen LogP) is 5.14. The van der Waals surface area contributed by atoms with Crippen LogP contribution in [0.1, 0.15) is 29.1 Å². The number of thiazole rings is 1. The van der Waals surface area contributed by atoms with Crippen LogP contribution in [0.2, 0.25) is 0 Å². The van der Waals surface area contributed by atoms with Gasteiger partial charge < -0.3 is 9.47 Å². The Hall–Kier alpha value is -2.42. The van der Waals surface area contributed by atoms with Crippen LogP contribution < -0.4 is 14.9 Å². The highest BCUT2D eigenvalue weighted by Crippen LogP contribution is 2.45. The standard InChI is InChI=1S/C23H22BrN3O3S/c24-17-14-19-18(29-11-12-30-19)13-16(17)21-20(15-7-3-1-4-8-15)25-23(31-21)22(28)26-27-9-5-2-6-10-27/h1,3-4,7-8,13-14H,2,5-6,9-12H2,(H,26,28). The van der Waals surface area contributed by atoms with Crippen LogP contribution in [-0.2, 0) is 0 Å². The third-order valence-corrected chi connectivity index (χ3v) is 7.10. The van der Waals surface area contributed by atoms with Gasteiger partial charge in [0.05, 0.1) is 10.6 Å². The van der Waals surface area contributed by atoms with E-state index in [1.165, 1.54) is 17.8 Å². The van der Waals surface area contributed by atoms with Gasteiger partial charge in [-0.05, 0) is 40.9 Å². The number of hydrogen-bond donors (Lipinski definition) is 1. The summed E-state index contributed by atoms with van der Waals surface area (Å²) < 4.78 is 12.4. The van der Waals surface area contributed by atoms with Crippen molar-refractivity contribution in [3.05, 3.63) is 51.9 Å². The van der Waals surface area contributed by atoms with Crippen LogP contribution in [0, 0.1) is 0 Å². The fourth-order valence-corrected chi connectivity index (χ4v) is 5.49. The summed E-state index contributed by atoms with van der Waals surface area (Å²) in [6.45, 7) is 2.81. The van der Waals surface area contributed by atoms with Crippen molar-refractivity contribution < 1.29 is 14.3 Å². The fraction of sp³-hybridized carbons (Fsp3) is 0.304. The predicted molar refractivity (Wildman–Crippen MR) is 125 cm³/mol. The summed E-state index contributed by atoms with van der Waals surface area (Å²) in [4.78, 5) is 18.7. The van der Waals surface area contributed by atoms with Gasteiger partial charge >= 0.3 is 0 Å². The Balaban J connectivity index is 1.55. The largest absolute Gasteiger partial charge is 0.486 e. The van der Waals surface area contributed by atoms with Crippen LogP contribution in [0.15, 0.2) is 46.9 Å². The Kier molecular flexibility index (Phi) is 5.93. The summed E-state index contributed by atoms with van der Waals surface area (Å²) >= 11 is 5.07. The summed E-state index contributed by atoms with van der Waals surface area (Å²) in [6.07, 6.45) is 3.41. The maximum atomic E-state index is 13.0. The second-order valence-corrected chi connectivity index (χ2v) is 9.38. The molecule has 1 fully saturated rings. The zero-order valence-electron chi connectivity index (χ0n) is 16.9. The van der Waals surface area contributed by atoms with E-state index in [0.29, 0.717) is 24.0 Å². The van der Waals surface area contributed by atoms with Crippen LogP contribution in [0.4, 0.5) is 0 Å². The van der Waals surface area contributed by atoms with Crippen LogP contribution in [0.3, 0.4) is 0 Å². The van der Waals surface area contributed by atoms with Crippen molar-refractivity contribution >= 4 is 33.2 Å². The topological polar surface area (TPSA) is 63.7 Å². The van der Waals surface area contributed by atoms with Crippen molar-refractivity contribution in [1.82, 2.24) is 15.4 Å². The quantitative estimate of drug-likeness (QED) is 0.538. The molecular weight excluding hydrogens is 478 g/mol. The molecule has 0 saturated carbocycles. The number of carbonyl (C=O) groups excluding carboxylic acids is 1. The summed E-state index contributed by atoms with van der Waals surface area (Å²) in [5.74, 6) is 1.26. The van der Waals surface area contributed by atoms with E-state index in [1.54, 1.807) is 0 Å². The molecule has 6 nitrogen and oxygen atoms in total. The Morgan fingerprint density at radius 1 is 1.03 bits per heavy atom. The second kappa shape index (κ2) is 8.98. The molecule has 0 unspecified atom stereocenters. The molecule has 2 aromatic carbocycles. The van der Waals surface area contributed by atoms with Crippen molar-refractivity contribution in [3.63, 3.8) is 0 Å². The highest BCUT2D eigenvalue weighted by molar-refractivity contribution is 9.10. The number of fused-ring (bicyclic) bond motifs is 1. The van der Waals surface area contributed by atoms with E-state index in [-0.39, 0.29) is 5.91 Å². The molecule has 1 amide bonds. The average Bonchev–Trinajstić information content (AvgIpc) is 3.25. The molecule has 0 atom stereocenters. The lowest BCUT2D eigenvalue weighted by Gasteiger charge is -2.26.